The quantitative estimate of drug-likeness (QED) is 0.262. The number of H-pyrrole nitrogens is 1. The molecule has 3 heterocycles. The largest absolute Gasteiger partial charge is 0.478 e. The number of carboxylic acids is 2. The molecule has 0 aliphatic rings. The maximum Gasteiger partial charge on any atom is 0.336 e. The Balaban J connectivity index is 0.000000193. The zero-order valence-corrected chi connectivity index (χ0v) is 22.3. The minimum Gasteiger partial charge on any atom is -0.478 e. The smallest absolute Gasteiger partial charge is 0.336 e. The van der Waals surface area contributed by atoms with E-state index in [0.717, 1.165) is 28.9 Å². The average molecular weight is 551 g/mol. The molecule has 0 aliphatic carbocycles. The highest BCUT2D eigenvalue weighted by molar-refractivity contribution is 5.97. The molecule has 206 valence electrons. The van der Waals surface area contributed by atoms with E-state index in [2.05, 4.69) is 65.7 Å². The number of aromatic nitrogens is 8. The van der Waals surface area contributed by atoms with Gasteiger partial charge in [0, 0.05) is 11.6 Å². The summed E-state index contributed by atoms with van der Waals surface area (Å²) in [6.45, 7) is 4.14. The molecular weight excluding hydrogens is 524 g/mol. The molecule has 12 heteroatoms. The Morgan fingerprint density at radius 3 is 2.32 bits per heavy atom. The fourth-order valence-corrected chi connectivity index (χ4v) is 4.70. The summed E-state index contributed by atoms with van der Waals surface area (Å²) in [4.78, 5) is 21.9. The number of benzene rings is 3. The van der Waals surface area contributed by atoms with Crippen molar-refractivity contribution >= 4 is 17.6 Å². The second kappa shape index (κ2) is 11.6. The molecule has 0 spiro atoms. The summed E-state index contributed by atoms with van der Waals surface area (Å²) in [6.07, 6.45) is 3.93. The third-order valence-corrected chi connectivity index (χ3v) is 6.65. The van der Waals surface area contributed by atoms with Crippen molar-refractivity contribution in [3.8, 4) is 22.5 Å². The number of rotatable bonds is 7. The summed E-state index contributed by atoms with van der Waals surface area (Å²) in [5.74, 6) is -1.58. The van der Waals surface area contributed by atoms with Crippen LogP contribution in [0.5, 0.6) is 0 Å². The fraction of sp³-hybridized carbons (Fsp3) is 0.138. The molecule has 0 amide bonds. The molecule has 3 aromatic heterocycles. The van der Waals surface area contributed by atoms with Crippen molar-refractivity contribution in [2.24, 2.45) is 0 Å². The standard InChI is InChI=1S/C18H14N8.C11H12O4/c1-2-4-16(18-21-23-24-22-18)15(3-1)14-7-5-13(6-8-14)11-25-12-20-26-17(25)9-10-19-26;1-3-7-8(10(12)13)5-4-6(2)9(7)11(14)15/h1-10,12H,11H2,(H,21,22,23,24);4-5H,3H2,1-2H3,(H,12,13)(H,14,15). The van der Waals surface area contributed by atoms with Crippen LogP contribution in [0.4, 0.5) is 0 Å². The first-order chi connectivity index (χ1) is 19.9. The van der Waals surface area contributed by atoms with Crippen molar-refractivity contribution in [3.05, 3.63) is 107 Å². The van der Waals surface area contributed by atoms with Crippen LogP contribution in [0.2, 0.25) is 0 Å². The van der Waals surface area contributed by atoms with Crippen LogP contribution in [0.3, 0.4) is 0 Å². The molecule has 3 aromatic carbocycles. The molecule has 41 heavy (non-hydrogen) atoms. The summed E-state index contributed by atoms with van der Waals surface area (Å²) < 4.78 is 3.69. The van der Waals surface area contributed by atoms with Gasteiger partial charge in [0.1, 0.15) is 6.33 Å². The van der Waals surface area contributed by atoms with E-state index in [0.29, 0.717) is 23.4 Å². The van der Waals surface area contributed by atoms with E-state index >= 15 is 0 Å². The number of carbonyl (C=O) groups is 2. The van der Waals surface area contributed by atoms with Gasteiger partial charge in [-0.1, -0.05) is 61.5 Å². The van der Waals surface area contributed by atoms with E-state index < -0.39 is 11.9 Å². The highest BCUT2D eigenvalue weighted by Crippen LogP contribution is 2.30. The van der Waals surface area contributed by atoms with Gasteiger partial charge in [-0.2, -0.15) is 10.3 Å². The Kier molecular flexibility index (Phi) is 7.63. The number of hydrogen-bond acceptors (Lipinski definition) is 7. The zero-order chi connectivity index (χ0) is 28.9. The van der Waals surface area contributed by atoms with Crippen molar-refractivity contribution in [1.82, 2.24) is 40.0 Å². The second-order valence-corrected chi connectivity index (χ2v) is 9.16. The van der Waals surface area contributed by atoms with Gasteiger partial charge in [-0.25, -0.2) is 9.59 Å². The predicted molar refractivity (Wildman–Crippen MR) is 150 cm³/mol. The van der Waals surface area contributed by atoms with E-state index in [1.807, 2.05) is 24.3 Å². The summed E-state index contributed by atoms with van der Waals surface area (Å²) >= 11 is 0. The minimum absolute atomic E-state index is 0.0699. The molecule has 0 radical (unpaired) electrons. The van der Waals surface area contributed by atoms with Gasteiger partial charge in [0.05, 0.1) is 23.9 Å². The maximum atomic E-state index is 11.0. The lowest BCUT2D eigenvalue weighted by Gasteiger charge is -2.10. The normalized spacial score (nSPS) is 10.8. The van der Waals surface area contributed by atoms with Crippen LogP contribution in [-0.2, 0) is 13.0 Å². The lowest BCUT2D eigenvalue weighted by atomic mass is 9.95. The minimum atomic E-state index is -1.09. The number of aromatic amines is 1. The van der Waals surface area contributed by atoms with E-state index in [4.69, 9.17) is 10.2 Å². The zero-order valence-electron chi connectivity index (χ0n) is 22.3. The average Bonchev–Trinajstić information content (AvgIpc) is 3.74. The van der Waals surface area contributed by atoms with Crippen molar-refractivity contribution in [3.63, 3.8) is 0 Å². The fourth-order valence-electron chi connectivity index (χ4n) is 4.70. The third-order valence-electron chi connectivity index (χ3n) is 6.65. The van der Waals surface area contributed by atoms with E-state index in [9.17, 15) is 9.59 Å². The third kappa shape index (κ3) is 5.57. The first kappa shape index (κ1) is 26.9. The van der Waals surface area contributed by atoms with E-state index in [1.165, 1.54) is 17.7 Å². The van der Waals surface area contributed by atoms with Gasteiger partial charge in [-0.05, 0) is 52.4 Å². The molecule has 0 saturated carbocycles. The van der Waals surface area contributed by atoms with Crippen molar-refractivity contribution in [1.29, 1.82) is 0 Å². The summed E-state index contributed by atoms with van der Waals surface area (Å²) in [5.41, 5.74) is 6.43. The molecule has 0 saturated heterocycles. The highest BCUT2D eigenvalue weighted by atomic mass is 16.4. The highest BCUT2D eigenvalue weighted by Gasteiger charge is 2.19. The number of aryl methyl sites for hydroxylation is 1. The summed E-state index contributed by atoms with van der Waals surface area (Å²) in [7, 11) is 0. The molecule has 0 aliphatic heterocycles. The van der Waals surface area contributed by atoms with Gasteiger partial charge in [0.25, 0.3) is 0 Å². The van der Waals surface area contributed by atoms with E-state index in [-0.39, 0.29) is 11.1 Å². The van der Waals surface area contributed by atoms with Crippen LogP contribution >= 0.6 is 0 Å². The van der Waals surface area contributed by atoms with Crippen LogP contribution in [0.15, 0.2) is 79.3 Å². The number of fused-ring (bicyclic) bond motifs is 1. The molecular formula is C29H26N8O4. The van der Waals surface area contributed by atoms with Gasteiger partial charge >= 0.3 is 11.9 Å². The monoisotopic (exact) mass is 550 g/mol. The molecule has 12 nitrogen and oxygen atoms in total. The first-order valence-corrected chi connectivity index (χ1v) is 12.7. The first-order valence-electron chi connectivity index (χ1n) is 12.7. The van der Waals surface area contributed by atoms with Crippen LogP contribution < -0.4 is 0 Å². The predicted octanol–water partition coefficient (Wildman–Crippen LogP) is 4.38. The number of tetrazole rings is 1. The lowest BCUT2D eigenvalue weighted by Crippen LogP contribution is -2.11. The lowest BCUT2D eigenvalue weighted by molar-refractivity contribution is 0.0695. The number of nitrogens with one attached hydrogen (secondary N) is 1. The second-order valence-electron chi connectivity index (χ2n) is 9.16. The Morgan fingerprint density at radius 2 is 1.66 bits per heavy atom. The molecule has 0 unspecified atom stereocenters. The molecule has 0 bridgehead atoms. The van der Waals surface area contributed by atoms with Gasteiger partial charge in [-0.15, -0.1) is 19.9 Å². The Morgan fingerprint density at radius 1 is 0.902 bits per heavy atom. The molecule has 6 rings (SSSR count). The summed E-state index contributed by atoms with van der Waals surface area (Å²) in [6, 6.07) is 21.4. The van der Waals surface area contributed by atoms with Crippen LogP contribution in [0.25, 0.3) is 28.2 Å². The topological polar surface area (TPSA) is 164 Å². The van der Waals surface area contributed by atoms with Crippen LogP contribution in [-0.4, -0.2) is 62.2 Å². The number of carboxylic acid groups (broad SMARTS) is 2. The van der Waals surface area contributed by atoms with Crippen molar-refractivity contribution in [2.75, 3.05) is 0 Å². The molecule has 6 aromatic rings. The molecule has 3 N–H and O–H groups in total. The van der Waals surface area contributed by atoms with Gasteiger partial charge in [0.15, 0.2) is 5.65 Å². The summed E-state index contributed by atoms with van der Waals surface area (Å²) in [5, 5.41) is 40.6. The van der Waals surface area contributed by atoms with Crippen LogP contribution in [0.1, 0.15) is 44.3 Å². The number of aromatic carboxylic acids is 2. The SMILES string of the molecule is CCc1c(C(=O)O)ccc(C)c1C(=O)O.c1ccc(-c2nn[nH]n2)c(-c2ccc(Cn3cnn4nccc34)cc2)c1. The number of hydrogen-bond donors (Lipinski definition) is 3. The van der Waals surface area contributed by atoms with Gasteiger partial charge in [-0.3, -0.25) is 0 Å². The van der Waals surface area contributed by atoms with E-state index in [1.54, 1.807) is 31.0 Å². The van der Waals surface area contributed by atoms with Gasteiger partial charge < -0.3 is 14.8 Å². The Bertz CT molecular complexity index is 1820. The van der Waals surface area contributed by atoms with Crippen molar-refractivity contribution < 1.29 is 19.8 Å². The van der Waals surface area contributed by atoms with Gasteiger partial charge in [0.2, 0.25) is 5.82 Å². The molecule has 0 fully saturated rings. The Hall–Kier alpha value is -5.65. The van der Waals surface area contributed by atoms with Crippen molar-refractivity contribution in [2.45, 2.75) is 26.8 Å². The maximum absolute atomic E-state index is 11.0. The van der Waals surface area contributed by atoms with Crippen LogP contribution in [0, 0.1) is 6.92 Å². The number of nitrogens with zero attached hydrogens (tertiary/aromatic N) is 7. The Labute approximate surface area is 233 Å². The molecule has 0 atom stereocenters.